The van der Waals surface area contributed by atoms with Crippen LogP contribution >= 0.6 is 11.6 Å². The third-order valence-corrected chi connectivity index (χ3v) is 5.63. The van der Waals surface area contributed by atoms with Gasteiger partial charge in [0, 0.05) is 47.6 Å². The summed E-state index contributed by atoms with van der Waals surface area (Å²) < 4.78 is 11.1. The first-order chi connectivity index (χ1) is 11.7. The summed E-state index contributed by atoms with van der Waals surface area (Å²) in [5.41, 5.74) is 0.661. The van der Waals surface area contributed by atoms with Crippen molar-refractivity contribution in [2.75, 3.05) is 20.3 Å². The van der Waals surface area contributed by atoms with E-state index in [-0.39, 0.29) is 24.0 Å². The number of methoxy groups -OCH3 is 1. The highest BCUT2D eigenvalue weighted by Gasteiger charge is 2.54. The van der Waals surface area contributed by atoms with E-state index in [0.717, 1.165) is 23.8 Å². The number of fused-ring (bicyclic) bond motifs is 2. The minimum absolute atomic E-state index is 0.0562. The lowest BCUT2D eigenvalue weighted by Crippen LogP contribution is -2.62. The number of hydrogen-bond acceptors (Lipinski definition) is 3. The van der Waals surface area contributed by atoms with Gasteiger partial charge in [0.25, 0.3) is 5.91 Å². The predicted octanol–water partition coefficient (Wildman–Crippen LogP) is 3.27. The zero-order valence-corrected chi connectivity index (χ0v) is 14.3. The van der Waals surface area contributed by atoms with Gasteiger partial charge in [-0.1, -0.05) is 35.9 Å². The second-order valence-electron chi connectivity index (χ2n) is 6.55. The second-order valence-corrected chi connectivity index (χ2v) is 6.95. The van der Waals surface area contributed by atoms with Gasteiger partial charge in [0.15, 0.2) is 0 Å². The first-order valence-corrected chi connectivity index (χ1v) is 8.67. The van der Waals surface area contributed by atoms with E-state index in [1.54, 1.807) is 7.11 Å². The Morgan fingerprint density at radius 1 is 1.29 bits per heavy atom. The molecule has 1 aliphatic carbocycles. The van der Waals surface area contributed by atoms with Gasteiger partial charge >= 0.3 is 0 Å². The zero-order chi connectivity index (χ0) is 16.7. The van der Waals surface area contributed by atoms with E-state index >= 15 is 0 Å². The van der Waals surface area contributed by atoms with Crippen LogP contribution in [-0.2, 0) is 9.47 Å². The largest absolute Gasteiger partial charge is 0.384 e. The average molecular weight is 346 g/mol. The molecule has 1 saturated heterocycles. The molecule has 0 spiro atoms. The first-order valence-electron chi connectivity index (χ1n) is 8.29. The van der Waals surface area contributed by atoms with Crippen LogP contribution in [0.25, 0.3) is 10.8 Å². The number of hydrogen-bond donors (Lipinski definition) is 1. The van der Waals surface area contributed by atoms with E-state index in [4.69, 9.17) is 21.1 Å². The van der Waals surface area contributed by atoms with Gasteiger partial charge in [0.2, 0.25) is 0 Å². The van der Waals surface area contributed by atoms with Crippen molar-refractivity contribution in [3.63, 3.8) is 0 Å². The van der Waals surface area contributed by atoms with E-state index in [1.807, 2.05) is 36.4 Å². The number of ether oxygens (including phenoxy) is 2. The molecular formula is C19H20ClNO3. The summed E-state index contributed by atoms with van der Waals surface area (Å²) in [5.74, 6) is 0.567. The highest BCUT2D eigenvalue weighted by molar-refractivity contribution is 6.36. The summed E-state index contributed by atoms with van der Waals surface area (Å²) in [4.78, 5) is 12.9. The number of carbonyl (C=O) groups is 1. The number of nitrogens with one attached hydrogen (secondary N) is 1. The van der Waals surface area contributed by atoms with Gasteiger partial charge in [-0.25, -0.2) is 0 Å². The van der Waals surface area contributed by atoms with Gasteiger partial charge in [-0.15, -0.1) is 0 Å². The van der Waals surface area contributed by atoms with E-state index < -0.39 is 0 Å². The molecular weight excluding hydrogens is 326 g/mol. The lowest BCUT2D eigenvalue weighted by Gasteiger charge is -2.47. The summed E-state index contributed by atoms with van der Waals surface area (Å²) in [6.07, 6.45) is 1.22. The predicted molar refractivity (Wildman–Crippen MR) is 93.4 cm³/mol. The highest BCUT2D eigenvalue weighted by atomic mass is 35.5. The molecule has 126 valence electrons. The van der Waals surface area contributed by atoms with Gasteiger partial charge in [-0.05, 0) is 23.9 Å². The minimum Gasteiger partial charge on any atom is -0.384 e. The molecule has 1 heterocycles. The molecule has 4 rings (SSSR count). The number of amides is 1. The average Bonchev–Trinajstić information content (AvgIpc) is 3.02. The molecule has 0 unspecified atom stereocenters. The van der Waals surface area contributed by atoms with Crippen molar-refractivity contribution in [2.45, 2.75) is 18.6 Å². The van der Waals surface area contributed by atoms with Crippen LogP contribution in [0, 0.1) is 11.8 Å². The Hall–Kier alpha value is -1.62. The van der Waals surface area contributed by atoms with Crippen LogP contribution in [0.4, 0.5) is 0 Å². The van der Waals surface area contributed by atoms with Crippen molar-refractivity contribution in [2.24, 2.45) is 11.8 Å². The monoisotopic (exact) mass is 345 g/mol. The van der Waals surface area contributed by atoms with E-state index in [1.165, 1.54) is 0 Å². The third kappa shape index (κ3) is 2.50. The minimum atomic E-state index is -0.0562. The van der Waals surface area contributed by atoms with E-state index in [9.17, 15) is 4.79 Å². The van der Waals surface area contributed by atoms with Crippen molar-refractivity contribution >= 4 is 28.3 Å². The molecule has 5 heteroatoms. The molecule has 2 aromatic rings. The van der Waals surface area contributed by atoms with Crippen molar-refractivity contribution in [1.29, 1.82) is 0 Å². The topological polar surface area (TPSA) is 47.6 Å². The summed E-state index contributed by atoms with van der Waals surface area (Å²) in [6.45, 7) is 1.37. The molecule has 0 bridgehead atoms. The van der Waals surface area contributed by atoms with Crippen LogP contribution in [0.15, 0.2) is 36.4 Å². The normalized spacial score (nSPS) is 28.4. The summed E-state index contributed by atoms with van der Waals surface area (Å²) in [6, 6.07) is 11.4. The fourth-order valence-electron chi connectivity index (χ4n) is 4.13. The third-order valence-electron chi connectivity index (χ3n) is 5.30. The maximum atomic E-state index is 12.9. The maximum absolute atomic E-state index is 12.9. The van der Waals surface area contributed by atoms with Gasteiger partial charge in [0.05, 0.1) is 12.7 Å². The molecule has 4 atom stereocenters. The molecule has 4 nitrogen and oxygen atoms in total. The number of rotatable bonds is 4. The Kier molecular flexibility index (Phi) is 4.21. The van der Waals surface area contributed by atoms with Gasteiger partial charge in [-0.3, -0.25) is 4.79 Å². The van der Waals surface area contributed by atoms with Crippen LogP contribution < -0.4 is 5.32 Å². The van der Waals surface area contributed by atoms with Crippen LogP contribution in [0.3, 0.4) is 0 Å². The Morgan fingerprint density at radius 2 is 2.08 bits per heavy atom. The number of benzene rings is 2. The highest BCUT2D eigenvalue weighted by Crippen LogP contribution is 2.44. The molecule has 0 radical (unpaired) electrons. The Bertz CT molecular complexity index is 778. The van der Waals surface area contributed by atoms with Crippen molar-refractivity contribution in [1.82, 2.24) is 5.32 Å². The Balaban J connectivity index is 1.60. The fraction of sp³-hybridized carbons (Fsp3) is 0.421. The quantitative estimate of drug-likeness (QED) is 0.925. The Labute approximate surface area is 146 Å². The van der Waals surface area contributed by atoms with Crippen LogP contribution in [0.2, 0.25) is 5.02 Å². The summed E-state index contributed by atoms with van der Waals surface area (Å²) >= 11 is 6.25. The molecule has 1 saturated carbocycles. The van der Waals surface area contributed by atoms with Crippen LogP contribution in [0.5, 0.6) is 0 Å². The summed E-state index contributed by atoms with van der Waals surface area (Å²) in [7, 11) is 1.69. The number of halogens is 1. The van der Waals surface area contributed by atoms with Gasteiger partial charge in [-0.2, -0.15) is 0 Å². The van der Waals surface area contributed by atoms with Crippen LogP contribution in [0.1, 0.15) is 16.8 Å². The molecule has 0 aromatic heterocycles. The molecule has 2 aliphatic rings. The van der Waals surface area contributed by atoms with E-state index in [0.29, 0.717) is 23.1 Å². The van der Waals surface area contributed by atoms with Crippen molar-refractivity contribution in [3.8, 4) is 0 Å². The molecule has 2 aromatic carbocycles. The summed E-state index contributed by atoms with van der Waals surface area (Å²) in [5, 5.41) is 5.65. The lowest BCUT2D eigenvalue weighted by molar-refractivity contribution is -0.0809. The van der Waals surface area contributed by atoms with Crippen molar-refractivity contribution < 1.29 is 14.3 Å². The van der Waals surface area contributed by atoms with Crippen molar-refractivity contribution in [3.05, 3.63) is 47.0 Å². The molecule has 2 fully saturated rings. The fourth-order valence-corrected chi connectivity index (χ4v) is 4.37. The second kappa shape index (κ2) is 6.36. The Morgan fingerprint density at radius 3 is 2.92 bits per heavy atom. The molecule has 1 amide bonds. The maximum Gasteiger partial charge on any atom is 0.252 e. The lowest BCUT2D eigenvalue weighted by atomic mass is 9.67. The standard InChI is InChI=1S/C19H20ClNO3/c1-23-10-15-17(14-8-9-24-18(14)15)21-19(22)13-6-2-5-12-11(13)4-3-7-16(12)20/h2-7,14-15,17-18H,8-10H2,1H3,(H,21,22)/t14-,15+,17+,18-/m0/s1. The number of carbonyl (C=O) groups excluding carboxylic acids is 1. The van der Waals surface area contributed by atoms with Gasteiger partial charge in [0.1, 0.15) is 0 Å². The molecule has 24 heavy (non-hydrogen) atoms. The molecule has 1 aliphatic heterocycles. The molecule has 1 N–H and O–H groups in total. The smallest absolute Gasteiger partial charge is 0.252 e. The van der Waals surface area contributed by atoms with Crippen LogP contribution in [-0.4, -0.2) is 38.4 Å². The zero-order valence-electron chi connectivity index (χ0n) is 13.5. The van der Waals surface area contributed by atoms with E-state index in [2.05, 4.69) is 5.32 Å². The van der Waals surface area contributed by atoms with Gasteiger partial charge < -0.3 is 14.8 Å². The first kappa shape index (κ1) is 15.9. The SMILES string of the molecule is COC[C@@H]1[C@H](NC(=O)c2cccc3c(Cl)cccc23)[C@@H]2CCO[C@H]12.